The van der Waals surface area contributed by atoms with Crippen LogP contribution in [0, 0.1) is 0 Å². The maximum Gasteiger partial charge on any atom is 0.287 e. The van der Waals surface area contributed by atoms with E-state index >= 15 is 0 Å². The fraction of sp³-hybridized carbons (Fsp3) is 0.167. The predicted molar refractivity (Wildman–Crippen MR) is 111 cm³/mol. The van der Waals surface area contributed by atoms with Crippen molar-refractivity contribution in [3.05, 3.63) is 51.2 Å². The van der Waals surface area contributed by atoms with Crippen molar-refractivity contribution in [1.82, 2.24) is 10.2 Å². The van der Waals surface area contributed by atoms with E-state index in [1.165, 1.54) is 16.7 Å². The largest absolute Gasteiger partial charge is 0.454 e. The van der Waals surface area contributed by atoms with E-state index in [1.54, 1.807) is 24.3 Å². The second-order valence-corrected chi connectivity index (χ2v) is 8.26. The number of rotatable bonds is 5. The molecule has 0 radical (unpaired) electrons. The van der Waals surface area contributed by atoms with Crippen LogP contribution in [0.4, 0.5) is 0 Å². The first-order chi connectivity index (χ1) is 13.5. The highest BCUT2D eigenvalue weighted by Gasteiger charge is 2.31. The van der Waals surface area contributed by atoms with E-state index in [4.69, 9.17) is 26.1 Å². The molecule has 2 aliphatic rings. The summed E-state index contributed by atoms with van der Waals surface area (Å²) in [7, 11) is 0. The van der Waals surface area contributed by atoms with Gasteiger partial charge in [0.05, 0.1) is 4.91 Å². The summed E-state index contributed by atoms with van der Waals surface area (Å²) in [5, 5.41) is 2.71. The maximum absolute atomic E-state index is 12.7. The monoisotopic (exact) mass is 480 g/mol. The quantitative estimate of drug-likeness (QED) is 0.518. The highest BCUT2D eigenvalue weighted by molar-refractivity contribution is 9.10. The van der Waals surface area contributed by atoms with Gasteiger partial charge >= 0.3 is 0 Å². The van der Waals surface area contributed by atoms with Gasteiger partial charge < -0.3 is 19.2 Å². The van der Waals surface area contributed by atoms with Crippen LogP contribution in [0.1, 0.15) is 16.1 Å². The topological polar surface area (TPSA) is 81.0 Å². The minimum absolute atomic E-state index is 0.192. The fourth-order valence-corrected chi connectivity index (χ4v) is 4.27. The highest BCUT2D eigenvalue weighted by atomic mass is 79.9. The molecule has 0 spiro atoms. The Labute approximate surface area is 178 Å². The Morgan fingerprint density at radius 3 is 2.89 bits per heavy atom. The number of halogens is 1. The second kappa shape index (κ2) is 7.98. The molecule has 0 bridgehead atoms. The Kier molecular flexibility index (Phi) is 5.42. The Bertz CT molecular complexity index is 1000. The first-order valence-corrected chi connectivity index (χ1v) is 10.2. The van der Waals surface area contributed by atoms with Crippen LogP contribution in [0.3, 0.4) is 0 Å². The van der Waals surface area contributed by atoms with Crippen LogP contribution in [0.5, 0.6) is 11.5 Å². The summed E-state index contributed by atoms with van der Waals surface area (Å²) >= 11 is 9.69. The van der Waals surface area contributed by atoms with Gasteiger partial charge in [-0.15, -0.1) is 0 Å². The van der Waals surface area contributed by atoms with Crippen LogP contribution in [0.25, 0.3) is 6.08 Å². The third-order valence-electron chi connectivity index (χ3n) is 3.99. The Hall–Kier alpha value is -2.30. The SMILES string of the molecule is O=C(NCCN1C(=O)/C(=C/c2ccc3c(c2)OCO3)SC1=S)c1ccc(Br)o1. The van der Waals surface area contributed by atoms with Crippen molar-refractivity contribution < 1.29 is 23.5 Å². The van der Waals surface area contributed by atoms with Gasteiger partial charge in [-0.1, -0.05) is 30.0 Å². The molecule has 2 aliphatic heterocycles. The van der Waals surface area contributed by atoms with Gasteiger partial charge in [0, 0.05) is 13.1 Å². The number of thioether (sulfide) groups is 1. The zero-order valence-corrected chi connectivity index (χ0v) is 17.5. The number of benzene rings is 1. The standard InChI is InChI=1S/C18H13BrN2O5S2/c19-15-4-3-12(26-15)16(22)20-5-6-21-17(23)14(28-18(21)27)8-10-1-2-11-13(7-10)25-9-24-11/h1-4,7-8H,5-6,9H2,(H,20,22)/b14-8-. The van der Waals surface area contributed by atoms with Crippen molar-refractivity contribution in [2.24, 2.45) is 0 Å². The van der Waals surface area contributed by atoms with Gasteiger partial charge in [0.15, 0.2) is 21.9 Å². The molecule has 28 heavy (non-hydrogen) atoms. The number of hydrogen-bond acceptors (Lipinski definition) is 7. The van der Waals surface area contributed by atoms with E-state index in [2.05, 4.69) is 21.2 Å². The molecule has 0 unspecified atom stereocenters. The maximum atomic E-state index is 12.7. The van der Waals surface area contributed by atoms with Crippen molar-refractivity contribution in [3.63, 3.8) is 0 Å². The van der Waals surface area contributed by atoms with Crippen molar-refractivity contribution >= 4 is 62.1 Å². The average Bonchev–Trinajstić information content (AvgIpc) is 3.37. The zero-order chi connectivity index (χ0) is 19.7. The number of nitrogens with zero attached hydrogens (tertiary/aromatic N) is 1. The van der Waals surface area contributed by atoms with Gasteiger partial charge in [-0.3, -0.25) is 14.5 Å². The van der Waals surface area contributed by atoms with E-state index in [0.717, 1.165) is 5.56 Å². The van der Waals surface area contributed by atoms with Crippen LogP contribution in [-0.2, 0) is 4.79 Å². The van der Waals surface area contributed by atoms with E-state index in [9.17, 15) is 9.59 Å². The van der Waals surface area contributed by atoms with Crippen LogP contribution in [-0.4, -0.2) is 40.9 Å². The lowest BCUT2D eigenvalue weighted by Gasteiger charge is -2.14. The molecular weight excluding hydrogens is 468 g/mol. The number of furan rings is 1. The molecule has 1 aromatic carbocycles. The summed E-state index contributed by atoms with van der Waals surface area (Å²) in [5.41, 5.74) is 0.821. The first-order valence-electron chi connectivity index (χ1n) is 8.20. The summed E-state index contributed by atoms with van der Waals surface area (Å²) in [6.45, 7) is 0.721. The zero-order valence-electron chi connectivity index (χ0n) is 14.3. The Balaban J connectivity index is 1.38. The van der Waals surface area contributed by atoms with Gasteiger partial charge in [0.25, 0.3) is 11.8 Å². The minimum Gasteiger partial charge on any atom is -0.454 e. The van der Waals surface area contributed by atoms with Gasteiger partial charge in [0.1, 0.15) is 4.32 Å². The third-order valence-corrected chi connectivity index (χ3v) is 5.79. The van der Waals surface area contributed by atoms with Crippen molar-refractivity contribution in [1.29, 1.82) is 0 Å². The molecule has 10 heteroatoms. The molecular formula is C18H13BrN2O5S2. The van der Waals surface area contributed by atoms with Crippen molar-refractivity contribution in [2.75, 3.05) is 19.9 Å². The number of carbonyl (C=O) groups excluding carboxylic acids is 2. The van der Waals surface area contributed by atoms with E-state index in [-0.39, 0.29) is 37.5 Å². The molecule has 1 aromatic heterocycles. The van der Waals surface area contributed by atoms with E-state index in [0.29, 0.717) is 25.4 Å². The normalized spacial score (nSPS) is 16.9. The number of hydrogen-bond donors (Lipinski definition) is 1. The minimum atomic E-state index is -0.355. The molecule has 2 aromatic rings. The molecule has 3 heterocycles. The molecule has 7 nitrogen and oxygen atoms in total. The van der Waals surface area contributed by atoms with E-state index in [1.807, 2.05) is 12.1 Å². The van der Waals surface area contributed by atoms with Crippen LogP contribution >= 0.6 is 39.9 Å². The molecule has 1 saturated heterocycles. The summed E-state index contributed by atoms with van der Waals surface area (Å²) < 4.78 is 16.8. The lowest BCUT2D eigenvalue weighted by Crippen LogP contribution is -2.37. The van der Waals surface area contributed by atoms with Gasteiger partial charge in [-0.25, -0.2) is 0 Å². The number of thiocarbonyl (C=S) groups is 1. The molecule has 4 rings (SSSR count). The summed E-state index contributed by atoms with van der Waals surface area (Å²) in [5.74, 6) is 0.982. The average molecular weight is 481 g/mol. The van der Waals surface area contributed by atoms with Gasteiger partial charge in [-0.2, -0.15) is 0 Å². The molecule has 2 amide bonds. The molecule has 0 saturated carbocycles. The van der Waals surface area contributed by atoms with Crippen LogP contribution in [0.15, 0.2) is 44.3 Å². The van der Waals surface area contributed by atoms with Crippen LogP contribution in [0.2, 0.25) is 0 Å². The Morgan fingerprint density at radius 1 is 1.29 bits per heavy atom. The number of nitrogens with one attached hydrogen (secondary N) is 1. The lowest BCUT2D eigenvalue weighted by atomic mass is 10.2. The molecule has 1 fully saturated rings. The molecule has 144 valence electrons. The van der Waals surface area contributed by atoms with E-state index < -0.39 is 0 Å². The first kappa shape index (κ1) is 19.0. The van der Waals surface area contributed by atoms with Gasteiger partial charge in [-0.05, 0) is 51.8 Å². The lowest BCUT2D eigenvalue weighted by molar-refractivity contribution is -0.122. The summed E-state index contributed by atoms with van der Waals surface area (Å²) in [4.78, 5) is 26.6. The third kappa shape index (κ3) is 3.94. The number of amides is 2. The Morgan fingerprint density at radius 2 is 2.11 bits per heavy atom. The molecule has 1 N–H and O–H groups in total. The second-order valence-electron chi connectivity index (χ2n) is 5.81. The summed E-state index contributed by atoms with van der Waals surface area (Å²) in [6.07, 6.45) is 1.76. The highest BCUT2D eigenvalue weighted by Crippen LogP contribution is 2.36. The van der Waals surface area contributed by atoms with Crippen molar-refractivity contribution in [2.45, 2.75) is 0 Å². The van der Waals surface area contributed by atoms with Crippen molar-refractivity contribution in [3.8, 4) is 11.5 Å². The molecule has 0 aliphatic carbocycles. The summed E-state index contributed by atoms with van der Waals surface area (Å²) in [6, 6.07) is 8.67. The van der Waals surface area contributed by atoms with Crippen LogP contribution < -0.4 is 14.8 Å². The fourth-order valence-electron chi connectivity index (χ4n) is 2.65. The molecule has 0 atom stereocenters. The van der Waals surface area contributed by atoms with Gasteiger partial charge in [0.2, 0.25) is 6.79 Å². The predicted octanol–water partition coefficient (Wildman–Crippen LogP) is 3.40. The smallest absolute Gasteiger partial charge is 0.287 e. The number of fused-ring (bicyclic) bond motifs is 1. The number of carbonyl (C=O) groups is 2. The number of ether oxygens (including phenoxy) is 2.